The molecule has 0 fully saturated rings. The molecule has 9 nitrogen and oxygen atoms in total. The number of nitro benzene ring substituents is 1. The Morgan fingerprint density at radius 2 is 2.00 bits per heavy atom. The Kier molecular flexibility index (Phi) is 7.11. The fourth-order valence-corrected chi connectivity index (χ4v) is 3.59. The van der Waals surface area contributed by atoms with Gasteiger partial charge in [-0.3, -0.25) is 20.2 Å². The highest BCUT2D eigenvalue weighted by molar-refractivity contribution is 7.80. The number of hydrogen-bond donors (Lipinski definition) is 2. The molecule has 0 saturated carbocycles. The van der Waals surface area contributed by atoms with E-state index in [0.717, 1.165) is 23.1 Å². The lowest BCUT2D eigenvalue weighted by Crippen LogP contribution is -2.34. The normalized spacial score (nSPS) is 10.3. The maximum Gasteiger partial charge on any atom is 0.311 e. The van der Waals surface area contributed by atoms with E-state index in [4.69, 9.17) is 21.7 Å². The Hall–Kier alpha value is -3.57. The minimum Gasteiger partial charge on any atom is -0.497 e. The fourth-order valence-electron chi connectivity index (χ4n) is 2.61. The number of ether oxygens (including phenoxy) is 2. The average molecular weight is 459 g/mol. The predicted molar refractivity (Wildman–Crippen MR) is 122 cm³/mol. The summed E-state index contributed by atoms with van der Waals surface area (Å²) in [6.45, 7) is 1.99. The Balaban J connectivity index is 1.65. The number of thiocarbonyl (C=S) groups is 1. The smallest absolute Gasteiger partial charge is 0.311 e. The highest BCUT2D eigenvalue weighted by Gasteiger charge is 2.19. The van der Waals surface area contributed by atoms with Crippen molar-refractivity contribution in [3.05, 3.63) is 63.5 Å². The number of carbonyl (C=O) groups is 1. The van der Waals surface area contributed by atoms with Crippen LogP contribution in [0.5, 0.6) is 11.5 Å². The van der Waals surface area contributed by atoms with E-state index >= 15 is 0 Å². The van der Waals surface area contributed by atoms with Crippen molar-refractivity contribution in [1.29, 1.82) is 0 Å². The number of nitrogens with one attached hydrogen (secondary N) is 2. The number of nitrogens with zero attached hydrogens (tertiary/aromatic N) is 2. The molecule has 1 amide bonds. The van der Waals surface area contributed by atoms with Gasteiger partial charge in [-0.2, -0.15) is 0 Å². The fraction of sp³-hybridized carbons (Fsp3) is 0.150. The van der Waals surface area contributed by atoms with Crippen molar-refractivity contribution < 1.29 is 19.2 Å². The maximum atomic E-state index is 12.4. The van der Waals surface area contributed by atoms with Crippen LogP contribution in [-0.2, 0) is 0 Å². The third-order valence-electron chi connectivity index (χ3n) is 4.06. The molecule has 0 atom stereocenters. The van der Waals surface area contributed by atoms with Gasteiger partial charge < -0.3 is 14.8 Å². The van der Waals surface area contributed by atoms with E-state index in [1.54, 1.807) is 14.0 Å². The lowest BCUT2D eigenvalue weighted by molar-refractivity contribution is -0.385. The van der Waals surface area contributed by atoms with E-state index in [1.165, 1.54) is 23.5 Å². The third kappa shape index (κ3) is 5.53. The van der Waals surface area contributed by atoms with Crippen LogP contribution in [0.3, 0.4) is 0 Å². The number of aromatic nitrogens is 1. The van der Waals surface area contributed by atoms with E-state index in [1.807, 2.05) is 29.6 Å². The number of amides is 1. The molecule has 160 valence electrons. The number of hydrogen-bond acceptors (Lipinski definition) is 8. The molecule has 1 heterocycles. The summed E-state index contributed by atoms with van der Waals surface area (Å²) >= 11 is 6.49. The lowest BCUT2D eigenvalue weighted by Gasteiger charge is -2.09. The zero-order valence-electron chi connectivity index (χ0n) is 16.6. The largest absolute Gasteiger partial charge is 0.497 e. The number of benzene rings is 2. The van der Waals surface area contributed by atoms with Crippen molar-refractivity contribution in [2.45, 2.75) is 6.92 Å². The van der Waals surface area contributed by atoms with Gasteiger partial charge in [-0.05, 0) is 55.5 Å². The Bertz CT molecular complexity index is 1120. The first-order chi connectivity index (χ1) is 14.9. The molecular formula is C20H18N4O5S2. The van der Waals surface area contributed by atoms with Gasteiger partial charge in [0.2, 0.25) is 0 Å². The summed E-state index contributed by atoms with van der Waals surface area (Å²) < 4.78 is 10.4. The van der Waals surface area contributed by atoms with Crippen molar-refractivity contribution in [3.8, 4) is 22.8 Å². The van der Waals surface area contributed by atoms with Gasteiger partial charge in [-0.15, -0.1) is 11.3 Å². The molecule has 11 heteroatoms. The molecule has 0 aliphatic carbocycles. The van der Waals surface area contributed by atoms with Gasteiger partial charge in [0.15, 0.2) is 16.0 Å². The van der Waals surface area contributed by atoms with Crippen LogP contribution in [0.4, 0.5) is 10.8 Å². The van der Waals surface area contributed by atoms with Crippen LogP contribution in [0.1, 0.15) is 17.3 Å². The molecule has 3 aromatic rings. The van der Waals surface area contributed by atoms with Crippen LogP contribution in [0.2, 0.25) is 0 Å². The molecule has 0 aliphatic rings. The molecule has 2 aromatic carbocycles. The van der Waals surface area contributed by atoms with E-state index in [0.29, 0.717) is 5.13 Å². The summed E-state index contributed by atoms with van der Waals surface area (Å²) in [7, 11) is 1.60. The van der Waals surface area contributed by atoms with E-state index in [9.17, 15) is 14.9 Å². The van der Waals surface area contributed by atoms with Crippen LogP contribution in [0, 0.1) is 10.1 Å². The summed E-state index contributed by atoms with van der Waals surface area (Å²) in [6, 6.07) is 11.4. The van der Waals surface area contributed by atoms with Crippen molar-refractivity contribution in [1.82, 2.24) is 10.3 Å². The SMILES string of the molecule is CCOc1ccc(C(=O)NC(=S)Nc2nc(-c3ccc(OC)cc3)cs2)cc1[N+](=O)[O-]. The quantitative estimate of drug-likeness (QED) is 0.307. The molecule has 0 saturated heterocycles. The zero-order valence-corrected chi connectivity index (χ0v) is 18.2. The van der Waals surface area contributed by atoms with Crippen LogP contribution in [0.15, 0.2) is 47.8 Å². The third-order valence-corrected chi connectivity index (χ3v) is 5.02. The highest BCUT2D eigenvalue weighted by Crippen LogP contribution is 2.28. The summed E-state index contributed by atoms with van der Waals surface area (Å²) in [5.41, 5.74) is 1.43. The highest BCUT2D eigenvalue weighted by atomic mass is 32.1. The van der Waals surface area contributed by atoms with Crippen molar-refractivity contribution in [3.63, 3.8) is 0 Å². The molecule has 2 N–H and O–H groups in total. The first kappa shape index (κ1) is 22.1. The van der Waals surface area contributed by atoms with Gasteiger partial charge in [0.05, 0.1) is 24.3 Å². The Morgan fingerprint density at radius 3 is 2.65 bits per heavy atom. The number of methoxy groups -OCH3 is 1. The Morgan fingerprint density at radius 1 is 1.26 bits per heavy atom. The molecule has 1 aromatic heterocycles. The summed E-state index contributed by atoms with van der Waals surface area (Å²) in [6.07, 6.45) is 0. The second-order valence-corrected chi connectivity index (χ2v) is 7.31. The van der Waals surface area contributed by atoms with Gasteiger partial charge in [-0.25, -0.2) is 4.98 Å². The molecule has 0 spiro atoms. The lowest BCUT2D eigenvalue weighted by atomic mass is 10.1. The van der Waals surface area contributed by atoms with Gasteiger partial charge in [0.1, 0.15) is 5.75 Å². The molecule has 0 aliphatic heterocycles. The second kappa shape index (κ2) is 9.96. The molecule has 0 unspecified atom stereocenters. The topological polar surface area (TPSA) is 116 Å². The van der Waals surface area contributed by atoms with Crippen LogP contribution >= 0.6 is 23.6 Å². The first-order valence-electron chi connectivity index (χ1n) is 9.04. The number of carbonyl (C=O) groups excluding carboxylic acids is 1. The van der Waals surface area contributed by atoms with Gasteiger partial charge in [-0.1, -0.05) is 0 Å². The average Bonchev–Trinajstić information content (AvgIpc) is 3.22. The zero-order chi connectivity index (χ0) is 22.4. The minimum atomic E-state index is -0.603. The van der Waals surface area contributed by atoms with E-state index in [2.05, 4.69) is 15.6 Å². The molecule has 3 rings (SSSR count). The summed E-state index contributed by atoms with van der Waals surface area (Å²) in [5.74, 6) is 0.255. The van der Waals surface area contributed by atoms with Crippen molar-refractivity contribution >= 4 is 45.4 Å². The second-order valence-electron chi connectivity index (χ2n) is 6.05. The number of anilines is 1. The Labute approximate surface area is 187 Å². The predicted octanol–water partition coefficient (Wildman–Crippen LogP) is 4.25. The summed E-state index contributed by atoms with van der Waals surface area (Å²) in [4.78, 5) is 27.5. The number of rotatable bonds is 7. The van der Waals surface area contributed by atoms with Gasteiger partial charge in [0.25, 0.3) is 5.91 Å². The van der Waals surface area contributed by atoms with E-state index in [-0.39, 0.29) is 28.7 Å². The number of thiazole rings is 1. The minimum absolute atomic E-state index is 0.0252. The molecule has 31 heavy (non-hydrogen) atoms. The van der Waals surface area contributed by atoms with Crippen LogP contribution in [-0.4, -0.2) is 34.6 Å². The van der Waals surface area contributed by atoms with Gasteiger partial charge >= 0.3 is 5.69 Å². The first-order valence-corrected chi connectivity index (χ1v) is 10.3. The van der Waals surface area contributed by atoms with Crippen molar-refractivity contribution in [2.24, 2.45) is 0 Å². The van der Waals surface area contributed by atoms with Crippen LogP contribution < -0.4 is 20.1 Å². The van der Waals surface area contributed by atoms with Gasteiger partial charge in [0, 0.05) is 22.6 Å². The van der Waals surface area contributed by atoms with E-state index < -0.39 is 10.8 Å². The monoisotopic (exact) mass is 458 g/mol. The maximum absolute atomic E-state index is 12.4. The summed E-state index contributed by atoms with van der Waals surface area (Å²) in [5, 5.41) is 18.9. The van der Waals surface area contributed by atoms with Crippen molar-refractivity contribution in [2.75, 3.05) is 19.0 Å². The standard InChI is InChI=1S/C20H18N4O5S2/c1-3-29-17-9-6-13(10-16(17)24(26)27)18(25)22-19(30)23-20-21-15(11-31-20)12-4-7-14(28-2)8-5-12/h4-11H,3H2,1-2H3,(H2,21,22,23,25,30). The molecule has 0 bridgehead atoms. The number of nitro groups is 1. The van der Waals surface area contributed by atoms with Crippen LogP contribution in [0.25, 0.3) is 11.3 Å². The molecule has 0 radical (unpaired) electrons. The molecular weight excluding hydrogens is 440 g/mol.